The lowest BCUT2D eigenvalue weighted by atomic mass is 10.1. The van der Waals surface area contributed by atoms with Gasteiger partial charge in [0.05, 0.1) is 34.8 Å². The van der Waals surface area contributed by atoms with E-state index in [9.17, 15) is 18.0 Å². The summed E-state index contributed by atoms with van der Waals surface area (Å²) in [5.41, 5.74) is 1.34. The highest BCUT2D eigenvalue weighted by Crippen LogP contribution is 2.38. The Morgan fingerprint density at radius 2 is 1.49 bits per heavy atom. The van der Waals surface area contributed by atoms with E-state index in [0.29, 0.717) is 16.4 Å². The molecule has 4 heterocycles. The Kier molecular flexibility index (Phi) is 9.48. The van der Waals surface area contributed by atoms with Crippen LogP contribution in [0.4, 0.5) is 24.7 Å². The summed E-state index contributed by atoms with van der Waals surface area (Å²) in [6.07, 6.45) is 4.46. The van der Waals surface area contributed by atoms with Gasteiger partial charge in [-0.2, -0.15) is 13.2 Å². The van der Waals surface area contributed by atoms with Crippen LogP contribution in [0.2, 0.25) is 5.15 Å². The smallest absolute Gasteiger partial charge is 0.418 e. The number of nitrogens with zero attached hydrogens (tertiary/aromatic N) is 6. The third kappa shape index (κ3) is 7.57. The lowest BCUT2D eigenvalue weighted by molar-refractivity contribution is -0.136. The number of alkyl halides is 3. The first-order chi connectivity index (χ1) is 19.8. The van der Waals surface area contributed by atoms with E-state index in [0.717, 1.165) is 29.5 Å². The maximum absolute atomic E-state index is 13.5. The molecule has 1 aromatic carbocycles. The molecular formula is C28H21ClF3N7O2. The van der Waals surface area contributed by atoms with Gasteiger partial charge in [-0.1, -0.05) is 11.6 Å². The Labute approximate surface area is 237 Å². The van der Waals surface area contributed by atoms with E-state index in [2.05, 4.69) is 35.2 Å². The molecule has 0 aliphatic carbocycles. The van der Waals surface area contributed by atoms with Gasteiger partial charge in [0.15, 0.2) is 0 Å². The van der Waals surface area contributed by atoms with Crippen LogP contribution in [-0.2, 0) is 10.9 Å². The van der Waals surface area contributed by atoms with Gasteiger partial charge in [-0.25, -0.2) is 34.7 Å². The summed E-state index contributed by atoms with van der Waals surface area (Å²) in [6, 6.07) is 13.4. The fourth-order valence-corrected chi connectivity index (χ4v) is 3.77. The van der Waals surface area contributed by atoms with Crippen LogP contribution in [0.5, 0.6) is 0 Å². The highest BCUT2D eigenvalue weighted by molar-refractivity contribution is 6.32. The molecule has 1 N–H and O–H groups in total. The molecule has 0 fully saturated rings. The molecule has 0 atom stereocenters. The minimum absolute atomic E-state index is 0.00290. The van der Waals surface area contributed by atoms with Gasteiger partial charge in [0.2, 0.25) is 0 Å². The standard InChI is InChI=1S/C19H15F3N4O2.C9H6ClN3/c1-2-28-18(27)12-5-6-14(19(20,21)22)16(10-12)26-17-13(4-3-8-24-17)15-7-9-23-11-25-15;10-9-7(2-1-4-12-9)8-3-5-11-6-13-8/h3-11H,2H2,1H3,(H,24,26);1-6H. The quantitative estimate of drug-likeness (QED) is 0.174. The highest BCUT2D eigenvalue weighted by atomic mass is 35.5. The Bertz CT molecular complexity index is 1610. The van der Waals surface area contributed by atoms with Crippen molar-refractivity contribution in [3.63, 3.8) is 0 Å². The number of esters is 1. The van der Waals surface area contributed by atoms with E-state index in [-0.39, 0.29) is 23.7 Å². The Morgan fingerprint density at radius 1 is 0.854 bits per heavy atom. The second kappa shape index (κ2) is 13.4. The molecule has 41 heavy (non-hydrogen) atoms. The Hall–Kier alpha value is -4.97. The van der Waals surface area contributed by atoms with Gasteiger partial charge in [-0.3, -0.25) is 0 Å². The predicted molar refractivity (Wildman–Crippen MR) is 146 cm³/mol. The topological polar surface area (TPSA) is 116 Å². The molecule has 13 heteroatoms. The van der Waals surface area contributed by atoms with Gasteiger partial charge in [0.25, 0.3) is 0 Å². The molecule has 4 aromatic heterocycles. The first-order valence-electron chi connectivity index (χ1n) is 12.0. The summed E-state index contributed by atoms with van der Waals surface area (Å²) in [4.78, 5) is 35.9. The second-order valence-electron chi connectivity index (χ2n) is 8.03. The van der Waals surface area contributed by atoms with Crippen molar-refractivity contribution in [1.82, 2.24) is 29.9 Å². The average molecular weight is 580 g/mol. The van der Waals surface area contributed by atoms with E-state index in [1.807, 2.05) is 12.1 Å². The monoisotopic (exact) mass is 579 g/mol. The minimum atomic E-state index is -4.63. The summed E-state index contributed by atoms with van der Waals surface area (Å²) in [6.45, 7) is 1.73. The zero-order valence-electron chi connectivity index (χ0n) is 21.4. The number of anilines is 2. The summed E-state index contributed by atoms with van der Waals surface area (Å²) >= 11 is 5.89. The zero-order chi connectivity index (χ0) is 29.2. The molecule has 0 radical (unpaired) electrons. The lowest BCUT2D eigenvalue weighted by Gasteiger charge is -2.17. The average Bonchev–Trinajstić information content (AvgIpc) is 2.98. The van der Waals surface area contributed by atoms with Crippen molar-refractivity contribution in [2.24, 2.45) is 0 Å². The van der Waals surface area contributed by atoms with Gasteiger partial charge < -0.3 is 10.1 Å². The Morgan fingerprint density at radius 3 is 2.07 bits per heavy atom. The van der Waals surface area contributed by atoms with Gasteiger partial charge in [0, 0.05) is 35.9 Å². The van der Waals surface area contributed by atoms with Crippen LogP contribution in [0.3, 0.4) is 0 Å². The molecular weight excluding hydrogens is 559 g/mol. The number of pyridine rings is 2. The van der Waals surface area contributed by atoms with Crippen LogP contribution in [0, 0.1) is 0 Å². The van der Waals surface area contributed by atoms with Gasteiger partial charge in [-0.15, -0.1) is 0 Å². The van der Waals surface area contributed by atoms with E-state index >= 15 is 0 Å². The van der Waals surface area contributed by atoms with Crippen LogP contribution < -0.4 is 5.32 Å². The summed E-state index contributed by atoms with van der Waals surface area (Å²) in [5, 5.41) is 3.14. The van der Waals surface area contributed by atoms with Crippen LogP contribution in [0.1, 0.15) is 22.8 Å². The molecule has 9 nitrogen and oxygen atoms in total. The molecule has 0 bridgehead atoms. The number of rotatable bonds is 6. The number of hydrogen-bond acceptors (Lipinski definition) is 9. The number of aromatic nitrogens is 6. The number of hydrogen-bond donors (Lipinski definition) is 1. The fourth-order valence-electron chi connectivity index (χ4n) is 3.55. The molecule has 208 valence electrons. The molecule has 0 aliphatic heterocycles. The number of benzene rings is 1. The third-order valence-corrected chi connectivity index (χ3v) is 5.67. The maximum atomic E-state index is 13.5. The van der Waals surface area contributed by atoms with E-state index in [4.69, 9.17) is 16.3 Å². The molecule has 0 unspecified atom stereocenters. The van der Waals surface area contributed by atoms with E-state index < -0.39 is 17.7 Å². The first-order valence-corrected chi connectivity index (χ1v) is 12.4. The van der Waals surface area contributed by atoms with Crippen LogP contribution in [-0.4, -0.2) is 42.5 Å². The van der Waals surface area contributed by atoms with Crippen molar-refractivity contribution in [3.05, 3.63) is 108 Å². The molecule has 5 rings (SSSR count). The number of carbonyl (C=O) groups excluding carboxylic acids is 1. The third-order valence-electron chi connectivity index (χ3n) is 5.37. The number of ether oxygens (including phenoxy) is 1. The zero-order valence-corrected chi connectivity index (χ0v) is 22.1. The first kappa shape index (κ1) is 29.0. The number of carbonyl (C=O) groups is 1. The highest BCUT2D eigenvalue weighted by Gasteiger charge is 2.34. The van der Waals surface area contributed by atoms with Crippen LogP contribution >= 0.6 is 11.6 Å². The van der Waals surface area contributed by atoms with Crippen LogP contribution in [0.25, 0.3) is 22.5 Å². The largest absolute Gasteiger partial charge is 0.462 e. The molecule has 5 aromatic rings. The van der Waals surface area contributed by atoms with Crippen molar-refractivity contribution in [1.29, 1.82) is 0 Å². The van der Waals surface area contributed by atoms with Crippen molar-refractivity contribution < 1.29 is 22.7 Å². The molecule has 0 saturated heterocycles. The van der Waals surface area contributed by atoms with Crippen molar-refractivity contribution in [2.45, 2.75) is 13.1 Å². The SMILES string of the molecule is CCOC(=O)c1ccc(C(F)(F)F)c(Nc2ncccc2-c2ccncn2)c1.Clc1ncccc1-c1ccncn1. The second-order valence-corrected chi connectivity index (χ2v) is 8.39. The molecule has 0 spiro atoms. The lowest BCUT2D eigenvalue weighted by Crippen LogP contribution is -2.12. The van der Waals surface area contributed by atoms with Crippen molar-refractivity contribution in [2.75, 3.05) is 11.9 Å². The van der Waals surface area contributed by atoms with Gasteiger partial charge in [0.1, 0.15) is 23.6 Å². The molecule has 0 aliphatic rings. The number of halogens is 4. The predicted octanol–water partition coefficient (Wildman–Crippen LogP) is 6.67. The Balaban J connectivity index is 0.000000247. The van der Waals surface area contributed by atoms with Crippen LogP contribution in [0.15, 0.2) is 92.0 Å². The normalized spacial score (nSPS) is 10.8. The summed E-state index contributed by atoms with van der Waals surface area (Å²) in [7, 11) is 0. The van der Waals surface area contributed by atoms with Crippen molar-refractivity contribution >= 4 is 29.1 Å². The van der Waals surface area contributed by atoms with Gasteiger partial charge >= 0.3 is 12.1 Å². The summed E-state index contributed by atoms with van der Waals surface area (Å²) in [5.74, 6) is -0.552. The minimum Gasteiger partial charge on any atom is -0.462 e. The maximum Gasteiger partial charge on any atom is 0.418 e. The summed E-state index contributed by atoms with van der Waals surface area (Å²) < 4.78 is 45.2. The fraction of sp³-hybridized carbons (Fsp3) is 0.107. The van der Waals surface area contributed by atoms with Gasteiger partial charge in [-0.05, 0) is 61.5 Å². The van der Waals surface area contributed by atoms with E-state index in [1.165, 1.54) is 25.0 Å². The van der Waals surface area contributed by atoms with E-state index in [1.54, 1.807) is 43.6 Å². The number of nitrogens with one attached hydrogen (secondary N) is 1. The van der Waals surface area contributed by atoms with Crippen molar-refractivity contribution in [3.8, 4) is 22.5 Å². The molecule has 0 amide bonds. The molecule has 0 saturated carbocycles.